The smallest absolute Gasteiger partial charge is 0.407 e. The van der Waals surface area contributed by atoms with Crippen LogP contribution in [0.4, 0.5) is 4.79 Å². The first-order valence-electron chi connectivity index (χ1n) is 19.2. The highest BCUT2D eigenvalue weighted by molar-refractivity contribution is 5.91. The van der Waals surface area contributed by atoms with Gasteiger partial charge in [-0.2, -0.15) is 0 Å². The summed E-state index contributed by atoms with van der Waals surface area (Å²) in [5, 5.41) is 5.54. The summed E-state index contributed by atoms with van der Waals surface area (Å²) in [6, 6.07) is 14.7. The number of alkyl carbamates (subject to hydrolysis) is 1. The lowest BCUT2D eigenvalue weighted by atomic mass is 9.91. The number of ether oxygens (including phenoxy) is 2. The Morgan fingerprint density at radius 2 is 1.34 bits per heavy atom. The molecule has 0 radical (unpaired) electrons. The third kappa shape index (κ3) is 7.75. The van der Waals surface area contributed by atoms with E-state index in [1.54, 1.807) is 12.4 Å². The Morgan fingerprint density at radius 3 is 1.91 bits per heavy atom. The first kappa shape index (κ1) is 38.3. The van der Waals surface area contributed by atoms with Crippen molar-refractivity contribution >= 4 is 29.8 Å². The van der Waals surface area contributed by atoms with E-state index >= 15 is 0 Å². The highest BCUT2D eigenvalue weighted by Gasteiger charge is 2.44. The third-order valence-corrected chi connectivity index (χ3v) is 11.2. The minimum Gasteiger partial charge on any atom is -0.469 e. The molecule has 5 heterocycles. The molecule has 2 aromatic heterocycles. The van der Waals surface area contributed by atoms with Crippen LogP contribution in [0.15, 0.2) is 60.9 Å². The van der Waals surface area contributed by atoms with Crippen LogP contribution in [0.5, 0.6) is 0 Å². The number of imidazole rings is 2. The summed E-state index contributed by atoms with van der Waals surface area (Å²) in [4.78, 5) is 82.3. The molecule has 3 fully saturated rings. The number of hydrogen-bond acceptors (Lipinski definition) is 9. The Morgan fingerprint density at radius 1 is 0.786 bits per heavy atom. The molecule has 2 aromatic carbocycles. The molecule has 15 heteroatoms. The van der Waals surface area contributed by atoms with Crippen molar-refractivity contribution in [2.45, 2.75) is 76.9 Å². The number of likely N-dealkylation sites (tertiary alicyclic amines) is 1. The molecular weight excluding hydrogens is 716 g/mol. The lowest BCUT2D eigenvalue weighted by Gasteiger charge is -2.42. The number of esters is 1. The van der Waals surface area contributed by atoms with Crippen LogP contribution < -0.4 is 5.32 Å². The quantitative estimate of drug-likeness (QED) is 0.174. The number of amides is 4. The van der Waals surface area contributed by atoms with Crippen molar-refractivity contribution < 1.29 is 33.4 Å². The molecule has 3 saturated heterocycles. The van der Waals surface area contributed by atoms with Gasteiger partial charge in [-0.1, -0.05) is 62.4 Å². The van der Waals surface area contributed by atoms with Gasteiger partial charge >= 0.3 is 12.1 Å². The highest BCUT2D eigenvalue weighted by atomic mass is 16.5. The van der Waals surface area contributed by atoms with Crippen molar-refractivity contribution in [2.75, 3.05) is 27.3 Å². The maximum atomic E-state index is 13.7. The van der Waals surface area contributed by atoms with Crippen molar-refractivity contribution in [3.8, 4) is 33.6 Å². The van der Waals surface area contributed by atoms with Gasteiger partial charge in [-0.25, -0.2) is 19.8 Å². The number of aromatic amines is 2. The third-order valence-electron chi connectivity index (χ3n) is 11.2. The van der Waals surface area contributed by atoms with Crippen LogP contribution in [0.1, 0.15) is 82.5 Å². The average molecular weight is 765 g/mol. The fourth-order valence-electron chi connectivity index (χ4n) is 8.01. The van der Waals surface area contributed by atoms with E-state index in [4.69, 9.17) is 9.47 Å². The lowest BCUT2D eigenvalue weighted by molar-refractivity contribution is -0.174. The molecule has 56 heavy (non-hydrogen) atoms. The zero-order valence-electron chi connectivity index (χ0n) is 32.1. The zero-order valence-corrected chi connectivity index (χ0v) is 32.1. The molecule has 0 saturated carbocycles. The topological polar surface area (TPSA) is 183 Å². The molecule has 3 aliphatic heterocycles. The molecule has 294 valence electrons. The number of fused-ring (bicyclic) bond motifs is 1. The SMILES string of the molecule is COC(=O)C[C@H](C(=O)N1CCC[C@H]1c1ncc(-c2ccc(-c3ccc(-c4cnc([C@@H]5CCCN6C(=O)CC[C@H](NC(=O)OC)C(=O)N56)[nH]4)cc3)cc2)[nH]1)C(C)C. The number of hydrogen-bond donors (Lipinski definition) is 3. The second-order valence-electron chi connectivity index (χ2n) is 14.9. The molecule has 0 bridgehead atoms. The summed E-state index contributed by atoms with van der Waals surface area (Å²) in [6.07, 6.45) is 6.18. The highest BCUT2D eigenvalue weighted by Crippen LogP contribution is 2.37. The molecule has 3 aliphatic rings. The summed E-state index contributed by atoms with van der Waals surface area (Å²) >= 11 is 0. The van der Waals surface area contributed by atoms with E-state index in [2.05, 4.69) is 37.4 Å². The Labute approximate surface area is 325 Å². The average Bonchev–Trinajstić information content (AvgIpc) is 4.01. The molecule has 0 unspecified atom stereocenters. The number of aromatic nitrogens is 4. The Hall–Kier alpha value is -5.99. The molecule has 7 rings (SSSR count). The molecule has 4 amide bonds. The maximum absolute atomic E-state index is 13.7. The van der Waals surface area contributed by atoms with Gasteiger partial charge in [0.05, 0.1) is 56.4 Å². The van der Waals surface area contributed by atoms with Gasteiger partial charge in [0.25, 0.3) is 5.91 Å². The molecule has 3 N–H and O–H groups in total. The van der Waals surface area contributed by atoms with Gasteiger partial charge in [-0.05, 0) is 60.3 Å². The van der Waals surface area contributed by atoms with Crippen LogP contribution in [0.2, 0.25) is 0 Å². The molecule has 15 nitrogen and oxygen atoms in total. The van der Waals surface area contributed by atoms with Crippen LogP contribution in [-0.4, -0.2) is 98.0 Å². The van der Waals surface area contributed by atoms with E-state index in [0.717, 1.165) is 52.3 Å². The zero-order chi connectivity index (χ0) is 39.5. The summed E-state index contributed by atoms with van der Waals surface area (Å²) in [6.45, 7) is 4.95. The fraction of sp³-hybridized carbons (Fsp3) is 0.439. The second-order valence-corrected chi connectivity index (χ2v) is 14.9. The van der Waals surface area contributed by atoms with Gasteiger partial charge in [0, 0.05) is 19.5 Å². The minimum atomic E-state index is -0.881. The van der Waals surface area contributed by atoms with Crippen LogP contribution in [0.25, 0.3) is 33.6 Å². The Bertz CT molecular complexity index is 2070. The van der Waals surface area contributed by atoms with E-state index in [1.807, 2.05) is 55.1 Å². The van der Waals surface area contributed by atoms with Crippen LogP contribution >= 0.6 is 0 Å². The minimum absolute atomic E-state index is 0.00328. The van der Waals surface area contributed by atoms with E-state index < -0.39 is 24.1 Å². The molecule has 4 atom stereocenters. The number of benzene rings is 2. The van der Waals surface area contributed by atoms with Gasteiger partial charge in [0.1, 0.15) is 23.7 Å². The number of methoxy groups -OCH3 is 2. The Kier molecular flexibility index (Phi) is 11.2. The van der Waals surface area contributed by atoms with Gasteiger partial charge in [0.2, 0.25) is 11.8 Å². The predicted molar refractivity (Wildman–Crippen MR) is 205 cm³/mol. The molecule has 0 spiro atoms. The number of rotatable bonds is 10. The van der Waals surface area contributed by atoms with E-state index in [0.29, 0.717) is 31.8 Å². The predicted octanol–water partition coefficient (Wildman–Crippen LogP) is 5.56. The molecular formula is C41H48N8O7. The van der Waals surface area contributed by atoms with Gasteiger partial charge in [-0.15, -0.1) is 0 Å². The summed E-state index contributed by atoms with van der Waals surface area (Å²) < 4.78 is 9.57. The number of nitrogens with zero attached hydrogens (tertiary/aromatic N) is 5. The van der Waals surface area contributed by atoms with Crippen molar-refractivity contribution in [3.63, 3.8) is 0 Å². The first-order valence-corrected chi connectivity index (χ1v) is 19.2. The van der Waals surface area contributed by atoms with E-state index in [1.165, 1.54) is 24.2 Å². The number of H-pyrrole nitrogens is 2. The lowest BCUT2D eigenvalue weighted by Crippen LogP contribution is -2.57. The van der Waals surface area contributed by atoms with Crippen molar-refractivity contribution in [3.05, 3.63) is 72.6 Å². The number of carbonyl (C=O) groups excluding carboxylic acids is 5. The summed E-state index contributed by atoms with van der Waals surface area (Å²) in [5.41, 5.74) is 5.57. The van der Waals surface area contributed by atoms with E-state index in [9.17, 15) is 24.0 Å². The number of hydrazine groups is 1. The van der Waals surface area contributed by atoms with Gasteiger partial charge in [-0.3, -0.25) is 24.2 Å². The fourth-order valence-corrected chi connectivity index (χ4v) is 8.01. The summed E-state index contributed by atoms with van der Waals surface area (Å²) in [7, 11) is 2.58. The maximum Gasteiger partial charge on any atom is 0.407 e. The molecule has 0 aliphatic carbocycles. The van der Waals surface area contributed by atoms with Crippen LogP contribution in [0, 0.1) is 11.8 Å². The van der Waals surface area contributed by atoms with E-state index in [-0.39, 0.29) is 54.9 Å². The van der Waals surface area contributed by atoms with Crippen molar-refractivity contribution in [2.24, 2.45) is 11.8 Å². The van der Waals surface area contributed by atoms with Gasteiger partial charge < -0.3 is 29.7 Å². The summed E-state index contributed by atoms with van der Waals surface area (Å²) in [5.74, 6) is -0.106. The first-order chi connectivity index (χ1) is 27.1. The monoisotopic (exact) mass is 764 g/mol. The Balaban J connectivity index is 1.02. The molecule has 4 aromatic rings. The number of carbonyl (C=O) groups is 5. The normalized spacial score (nSPS) is 20.4. The second kappa shape index (κ2) is 16.4. The van der Waals surface area contributed by atoms with Gasteiger partial charge in [0.15, 0.2) is 0 Å². The largest absolute Gasteiger partial charge is 0.469 e. The van der Waals surface area contributed by atoms with Crippen LogP contribution in [-0.2, 0) is 28.7 Å². The standard InChI is InChI=1S/C41H48N8O7/c1-24(2)29(21-36(51)55-3)39(52)47-19-5-7-33(47)37-42-22-31(44-37)27-13-9-25(10-14-27)26-11-15-28(16-12-26)32-23-43-38(45-32)34-8-6-20-48-35(50)18-17-30(40(53)49(34)48)46-41(54)56-4/h9-16,22-24,29-30,33-34H,5-8,17-21H2,1-4H3,(H,42,44)(H,43,45)(H,46,54)/t29-,30-,33-,34-/m0/s1. The van der Waals surface area contributed by atoms with Crippen molar-refractivity contribution in [1.29, 1.82) is 0 Å². The number of nitrogens with one attached hydrogen (secondary N) is 3. The van der Waals surface area contributed by atoms with Crippen molar-refractivity contribution in [1.82, 2.24) is 40.2 Å². The van der Waals surface area contributed by atoms with Crippen LogP contribution in [0.3, 0.4) is 0 Å².